The quantitative estimate of drug-likeness (QED) is 0.720. The van der Waals surface area contributed by atoms with E-state index in [9.17, 15) is 0 Å². The van der Waals surface area contributed by atoms with Gasteiger partial charge in [0, 0.05) is 12.0 Å². The molecule has 0 unspecified atom stereocenters. The van der Waals surface area contributed by atoms with Crippen molar-refractivity contribution in [2.45, 2.75) is 6.42 Å². The van der Waals surface area contributed by atoms with Gasteiger partial charge >= 0.3 is 0 Å². The molecule has 0 aliphatic carbocycles. The van der Waals surface area contributed by atoms with Crippen LogP contribution in [0.15, 0.2) is 30.3 Å². The van der Waals surface area contributed by atoms with E-state index in [-0.39, 0.29) is 0 Å². The fraction of sp³-hybridized carbons (Fsp3) is 0.133. The van der Waals surface area contributed by atoms with Crippen molar-refractivity contribution in [2.75, 3.05) is 6.61 Å². The van der Waals surface area contributed by atoms with Crippen LogP contribution in [0.25, 0.3) is 22.4 Å². The molecule has 4 rings (SSSR count). The molecule has 0 saturated heterocycles. The van der Waals surface area contributed by atoms with Crippen LogP contribution in [0.2, 0.25) is 10.0 Å². The predicted octanol–water partition coefficient (Wildman–Crippen LogP) is 4.47. The summed E-state index contributed by atoms with van der Waals surface area (Å²) in [6.07, 6.45) is 0.945. The van der Waals surface area contributed by atoms with Gasteiger partial charge in [-0.15, -0.1) is 0 Å². The third-order valence-electron chi connectivity index (χ3n) is 3.49. The summed E-state index contributed by atoms with van der Waals surface area (Å²) in [6, 6.07) is 9.68. The Morgan fingerprint density at radius 1 is 1.10 bits per heavy atom. The number of H-pyrrole nitrogens is 1. The number of aromatic nitrogens is 2. The second kappa shape index (κ2) is 4.40. The Labute approximate surface area is 125 Å². The first-order valence-corrected chi connectivity index (χ1v) is 7.07. The van der Waals surface area contributed by atoms with E-state index < -0.39 is 0 Å². The van der Waals surface area contributed by atoms with Crippen LogP contribution >= 0.6 is 23.2 Å². The number of hydrogen-bond donors (Lipinski definition) is 1. The Morgan fingerprint density at radius 2 is 1.95 bits per heavy atom. The standard InChI is InChI=1S/C15H10Cl2N2O/c16-10-6-12-13(7-11(10)17)19-15(18-12)9-1-2-14-8(5-9)3-4-20-14/h1-2,5-7H,3-4H2,(H,18,19). The van der Waals surface area contributed by atoms with Gasteiger partial charge in [-0.05, 0) is 35.9 Å². The van der Waals surface area contributed by atoms with Crippen molar-refractivity contribution in [2.24, 2.45) is 0 Å². The zero-order valence-electron chi connectivity index (χ0n) is 10.4. The van der Waals surface area contributed by atoms with Crippen molar-refractivity contribution in [3.05, 3.63) is 45.9 Å². The summed E-state index contributed by atoms with van der Waals surface area (Å²) in [4.78, 5) is 7.85. The minimum absolute atomic E-state index is 0.513. The highest BCUT2D eigenvalue weighted by Crippen LogP contribution is 2.32. The predicted molar refractivity (Wildman–Crippen MR) is 80.7 cm³/mol. The average Bonchev–Trinajstić information content (AvgIpc) is 3.04. The summed E-state index contributed by atoms with van der Waals surface area (Å²) in [5.41, 5.74) is 3.95. The molecule has 2 heterocycles. The third kappa shape index (κ3) is 1.86. The molecule has 1 N–H and O–H groups in total. The molecule has 0 bridgehead atoms. The van der Waals surface area contributed by atoms with Crippen LogP contribution in [-0.2, 0) is 6.42 Å². The lowest BCUT2D eigenvalue weighted by molar-refractivity contribution is 0.357. The monoisotopic (exact) mass is 304 g/mol. The van der Waals surface area contributed by atoms with Crippen molar-refractivity contribution in [1.82, 2.24) is 9.97 Å². The first kappa shape index (κ1) is 12.1. The molecule has 2 aromatic carbocycles. The van der Waals surface area contributed by atoms with Crippen LogP contribution in [0.5, 0.6) is 5.75 Å². The van der Waals surface area contributed by atoms with E-state index in [4.69, 9.17) is 27.9 Å². The molecule has 0 spiro atoms. The second-order valence-electron chi connectivity index (χ2n) is 4.79. The maximum absolute atomic E-state index is 6.02. The van der Waals surface area contributed by atoms with Crippen LogP contribution in [0, 0.1) is 0 Å². The molecule has 0 atom stereocenters. The van der Waals surface area contributed by atoms with Crippen molar-refractivity contribution < 1.29 is 4.74 Å². The Balaban J connectivity index is 1.86. The maximum Gasteiger partial charge on any atom is 0.138 e. The summed E-state index contributed by atoms with van der Waals surface area (Å²) in [5, 5.41) is 1.04. The molecule has 5 heteroatoms. The molecule has 100 valence electrons. The van der Waals surface area contributed by atoms with Gasteiger partial charge in [-0.3, -0.25) is 0 Å². The molecule has 0 fully saturated rings. The summed E-state index contributed by atoms with van der Waals surface area (Å²) >= 11 is 12.0. The zero-order valence-corrected chi connectivity index (χ0v) is 11.9. The highest BCUT2D eigenvalue weighted by molar-refractivity contribution is 6.42. The van der Waals surface area contributed by atoms with E-state index in [1.807, 2.05) is 12.1 Å². The van der Waals surface area contributed by atoms with Gasteiger partial charge in [0.05, 0.1) is 27.7 Å². The molecule has 3 nitrogen and oxygen atoms in total. The van der Waals surface area contributed by atoms with E-state index in [0.717, 1.165) is 41.2 Å². The molecule has 1 aliphatic rings. The van der Waals surface area contributed by atoms with Gasteiger partial charge < -0.3 is 9.72 Å². The van der Waals surface area contributed by atoms with Crippen LogP contribution in [0.1, 0.15) is 5.56 Å². The lowest BCUT2D eigenvalue weighted by Crippen LogP contribution is -1.85. The minimum atomic E-state index is 0.513. The molecular weight excluding hydrogens is 295 g/mol. The van der Waals surface area contributed by atoms with Crippen LogP contribution in [-0.4, -0.2) is 16.6 Å². The Bertz CT molecular complexity index is 787. The van der Waals surface area contributed by atoms with E-state index >= 15 is 0 Å². The number of ether oxygens (including phenoxy) is 1. The minimum Gasteiger partial charge on any atom is -0.493 e. The van der Waals surface area contributed by atoms with Gasteiger partial charge in [0.2, 0.25) is 0 Å². The van der Waals surface area contributed by atoms with Gasteiger partial charge in [-0.1, -0.05) is 23.2 Å². The number of halogens is 2. The van der Waals surface area contributed by atoms with Gasteiger partial charge in [0.25, 0.3) is 0 Å². The molecule has 1 aromatic heterocycles. The largest absolute Gasteiger partial charge is 0.493 e. The van der Waals surface area contributed by atoms with Crippen molar-refractivity contribution in [1.29, 1.82) is 0 Å². The van der Waals surface area contributed by atoms with E-state index in [1.54, 1.807) is 12.1 Å². The number of nitrogens with zero attached hydrogens (tertiary/aromatic N) is 1. The fourth-order valence-corrected chi connectivity index (χ4v) is 2.80. The molecule has 1 aliphatic heterocycles. The van der Waals surface area contributed by atoms with Crippen molar-refractivity contribution >= 4 is 34.2 Å². The van der Waals surface area contributed by atoms with Crippen LogP contribution < -0.4 is 4.74 Å². The van der Waals surface area contributed by atoms with Crippen LogP contribution in [0.4, 0.5) is 0 Å². The van der Waals surface area contributed by atoms with Crippen molar-refractivity contribution in [3.63, 3.8) is 0 Å². The summed E-state index contributed by atoms with van der Waals surface area (Å²) in [7, 11) is 0. The Morgan fingerprint density at radius 3 is 2.85 bits per heavy atom. The lowest BCUT2D eigenvalue weighted by atomic mass is 10.1. The van der Waals surface area contributed by atoms with E-state index in [1.165, 1.54) is 5.56 Å². The number of rotatable bonds is 1. The van der Waals surface area contributed by atoms with Gasteiger partial charge in [-0.2, -0.15) is 0 Å². The molecule has 20 heavy (non-hydrogen) atoms. The smallest absolute Gasteiger partial charge is 0.138 e. The van der Waals surface area contributed by atoms with Crippen LogP contribution in [0.3, 0.4) is 0 Å². The number of fused-ring (bicyclic) bond motifs is 2. The molecule has 0 radical (unpaired) electrons. The number of hydrogen-bond acceptors (Lipinski definition) is 2. The summed E-state index contributed by atoms with van der Waals surface area (Å²) in [6.45, 7) is 0.754. The van der Waals surface area contributed by atoms with Gasteiger partial charge in [-0.25, -0.2) is 4.98 Å². The van der Waals surface area contributed by atoms with E-state index in [0.29, 0.717) is 10.0 Å². The fourth-order valence-electron chi connectivity index (χ4n) is 2.48. The van der Waals surface area contributed by atoms with Gasteiger partial charge in [0.15, 0.2) is 0 Å². The summed E-state index contributed by atoms with van der Waals surface area (Å²) in [5.74, 6) is 1.78. The Kier molecular flexibility index (Phi) is 2.65. The van der Waals surface area contributed by atoms with Crippen molar-refractivity contribution in [3.8, 4) is 17.1 Å². The molecular formula is C15H10Cl2N2O. The van der Waals surface area contributed by atoms with E-state index in [2.05, 4.69) is 16.0 Å². The average molecular weight is 305 g/mol. The molecule has 0 saturated carbocycles. The number of imidazole rings is 1. The summed E-state index contributed by atoms with van der Waals surface area (Å²) < 4.78 is 5.51. The molecule has 0 amide bonds. The normalized spacial score (nSPS) is 13.5. The van der Waals surface area contributed by atoms with Gasteiger partial charge in [0.1, 0.15) is 11.6 Å². The second-order valence-corrected chi connectivity index (χ2v) is 5.60. The topological polar surface area (TPSA) is 37.9 Å². The third-order valence-corrected chi connectivity index (χ3v) is 4.21. The number of nitrogens with one attached hydrogen (secondary N) is 1. The number of aromatic amines is 1. The zero-order chi connectivity index (χ0) is 13.7. The Hall–Kier alpha value is -1.71. The first-order valence-electron chi connectivity index (χ1n) is 6.31. The highest BCUT2D eigenvalue weighted by Gasteiger charge is 2.14. The highest BCUT2D eigenvalue weighted by atomic mass is 35.5. The molecule has 3 aromatic rings. The maximum atomic E-state index is 6.02. The first-order chi connectivity index (χ1) is 9.70. The number of benzene rings is 2. The SMILES string of the molecule is Clc1cc2nc(-c3ccc4c(c3)CCO4)[nH]c2cc1Cl. The lowest BCUT2D eigenvalue weighted by Gasteiger charge is -2.01.